The molecule has 0 saturated heterocycles. The van der Waals surface area contributed by atoms with Crippen LogP contribution in [0.5, 0.6) is 0 Å². The Labute approximate surface area is 125 Å². The first-order valence-electron chi connectivity index (χ1n) is 7.20. The molecule has 0 saturated carbocycles. The molecule has 2 unspecified atom stereocenters. The molecular weight excluding hydrogens is 268 g/mol. The predicted molar refractivity (Wildman–Crippen MR) is 82.2 cm³/mol. The van der Waals surface area contributed by atoms with Crippen molar-refractivity contribution < 1.29 is 14.7 Å². The molecule has 2 atom stereocenters. The van der Waals surface area contributed by atoms with Crippen LogP contribution in [0.25, 0.3) is 0 Å². The minimum absolute atomic E-state index is 0.0999. The molecule has 5 nitrogen and oxygen atoms in total. The number of hydrogen-bond donors (Lipinski definition) is 2. The van der Waals surface area contributed by atoms with Crippen molar-refractivity contribution in [1.29, 1.82) is 0 Å². The minimum atomic E-state index is -0.948. The Morgan fingerprint density at radius 2 is 1.95 bits per heavy atom. The number of nitrogens with zero attached hydrogens (tertiary/aromatic N) is 1. The standard InChI is InChI=1S/C16H24N2O3/c1-4-11(2)14(17)15(19)18(3)10-9-12-7-5-6-8-13(12)16(20)21/h5-8,11,14H,4,9-10,17H2,1-3H3,(H,20,21). The van der Waals surface area contributed by atoms with E-state index in [0.717, 1.165) is 12.0 Å². The molecule has 116 valence electrons. The van der Waals surface area contributed by atoms with Crippen LogP contribution in [0.1, 0.15) is 36.2 Å². The highest BCUT2D eigenvalue weighted by Crippen LogP contribution is 2.12. The molecule has 1 amide bonds. The van der Waals surface area contributed by atoms with Gasteiger partial charge in [0, 0.05) is 13.6 Å². The van der Waals surface area contributed by atoms with Gasteiger partial charge in [-0.25, -0.2) is 4.79 Å². The lowest BCUT2D eigenvalue weighted by Crippen LogP contribution is -2.46. The Morgan fingerprint density at radius 1 is 1.33 bits per heavy atom. The average Bonchev–Trinajstić information content (AvgIpc) is 2.50. The number of likely N-dealkylation sites (N-methyl/N-ethyl adjacent to an activating group) is 1. The smallest absolute Gasteiger partial charge is 0.335 e. The summed E-state index contributed by atoms with van der Waals surface area (Å²) in [7, 11) is 1.70. The summed E-state index contributed by atoms with van der Waals surface area (Å²) in [5.41, 5.74) is 6.94. The average molecular weight is 292 g/mol. The predicted octanol–water partition coefficient (Wildman–Crippen LogP) is 1.76. The number of carbonyl (C=O) groups is 2. The Hall–Kier alpha value is -1.88. The molecule has 0 bridgehead atoms. The second-order valence-electron chi connectivity index (χ2n) is 5.38. The fourth-order valence-electron chi connectivity index (χ4n) is 2.10. The number of aromatic carboxylic acids is 1. The first kappa shape index (κ1) is 17.2. The van der Waals surface area contributed by atoms with Crippen LogP contribution in [0.3, 0.4) is 0 Å². The molecule has 5 heteroatoms. The third kappa shape index (κ3) is 4.56. The first-order valence-corrected chi connectivity index (χ1v) is 7.20. The fraction of sp³-hybridized carbons (Fsp3) is 0.500. The monoisotopic (exact) mass is 292 g/mol. The molecule has 1 aromatic rings. The van der Waals surface area contributed by atoms with E-state index in [1.165, 1.54) is 0 Å². The molecule has 0 aromatic heterocycles. The molecule has 0 spiro atoms. The lowest BCUT2D eigenvalue weighted by molar-refractivity contribution is -0.132. The molecule has 0 aliphatic rings. The van der Waals surface area contributed by atoms with Crippen LogP contribution in [0.2, 0.25) is 0 Å². The van der Waals surface area contributed by atoms with E-state index >= 15 is 0 Å². The Morgan fingerprint density at radius 3 is 2.52 bits per heavy atom. The van der Waals surface area contributed by atoms with Crippen molar-refractivity contribution >= 4 is 11.9 Å². The minimum Gasteiger partial charge on any atom is -0.478 e. The van der Waals surface area contributed by atoms with E-state index in [0.29, 0.717) is 13.0 Å². The van der Waals surface area contributed by atoms with Crippen LogP contribution in [-0.2, 0) is 11.2 Å². The van der Waals surface area contributed by atoms with Gasteiger partial charge in [-0.1, -0.05) is 38.5 Å². The van der Waals surface area contributed by atoms with E-state index < -0.39 is 12.0 Å². The largest absolute Gasteiger partial charge is 0.478 e. The van der Waals surface area contributed by atoms with Gasteiger partial charge >= 0.3 is 5.97 Å². The Bertz CT molecular complexity index is 502. The SMILES string of the molecule is CCC(C)C(N)C(=O)N(C)CCc1ccccc1C(=O)O. The number of amides is 1. The van der Waals surface area contributed by atoms with Crippen LogP contribution < -0.4 is 5.73 Å². The highest BCUT2D eigenvalue weighted by Gasteiger charge is 2.22. The molecule has 1 rings (SSSR count). The van der Waals surface area contributed by atoms with Crippen LogP contribution in [0.4, 0.5) is 0 Å². The number of nitrogens with two attached hydrogens (primary N) is 1. The van der Waals surface area contributed by atoms with Crippen molar-refractivity contribution in [2.24, 2.45) is 11.7 Å². The lowest BCUT2D eigenvalue weighted by atomic mass is 9.98. The maximum Gasteiger partial charge on any atom is 0.335 e. The summed E-state index contributed by atoms with van der Waals surface area (Å²) in [4.78, 5) is 24.9. The van der Waals surface area contributed by atoms with Crippen LogP contribution in [0, 0.1) is 5.92 Å². The third-order valence-electron chi connectivity index (χ3n) is 3.88. The van der Waals surface area contributed by atoms with Gasteiger partial charge in [0.1, 0.15) is 0 Å². The summed E-state index contributed by atoms with van der Waals surface area (Å²) in [6.07, 6.45) is 1.35. The molecular formula is C16H24N2O3. The van der Waals surface area contributed by atoms with Crippen molar-refractivity contribution in [2.45, 2.75) is 32.7 Å². The number of hydrogen-bond acceptors (Lipinski definition) is 3. The van der Waals surface area contributed by atoms with Gasteiger partial charge in [-0.15, -0.1) is 0 Å². The maximum atomic E-state index is 12.2. The normalized spacial score (nSPS) is 13.5. The summed E-state index contributed by atoms with van der Waals surface area (Å²) >= 11 is 0. The quantitative estimate of drug-likeness (QED) is 0.802. The topological polar surface area (TPSA) is 83.6 Å². The van der Waals surface area contributed by atoms with Crippen LogP contribution in [0.15, 0.2) is 24.3 Å². The van der Waals surface area contributed by atoms with E-state index in [9.17, 15) is 9.59 Å². The Kier molecular flexibility index (Phi) is 6.37. The molecule has 0 fully saturated rings. The van der Waals surface area contributed by atoms with Crippen LogP contribution >= 0.6 is 0 Å². The summed E-state index contributed by atoms with van der Waals surface area (Å²) in [6, 6.07) is 6.34. The molecule has 0 radical (unpaired) electrons. The molecule has 0 heterocycles. The van der Waals surface area contributed by atoms with Crippen molar-refractivity contribution in [2.75, 3.05) is 13.6 Å². The first-order chi connectivity index (χ1) is 9.88. The maximum absolute atomic E-state index is 12.2. The van der Waals surface area contributed by atoms with Crippen molar-refractivity contribution in [3.8, 4) is 0 Å². The van der Waals surface area contributed by atoms with Gasteiger partial charge in [-0.2, -0.15) is 0 Å². The fourth-order valence-corrected chi connectivity index (χ4v) is 2.10. The van der Waals surface area contributed by atoms with Gasteiger partial charge in [0.15, 0.2) is 0 Å². The highest BCUT2D eigenvalue weighted by molar-refractivity contribution is 5.89. The van der Waals surface area contributed by atoms with E-state index in [1.54, 1.807) is 36.2 Å². The van der Waals surface area contributed by atoms with Crippen molar-refractivity contribution in [3.05, 3.63) is 35.4 Å². The lowest BCUT2D eigenvalue weighted by Gasteiger charge is -2.24. The summed E-state index contributed by atoms with van der Waals surface area (Å²) in [5.74, 6) is -0.917. The van der Waals surface area contributed by atoms with Gasteiger partial charge in [0.2, 0.25) is 5.91 Å². The number of carboxylic acids is 1. The van der Waals surface area contributed by atoms with Crippen molar-refractivity contribution in [3.63, 3.8) is 0 Å². The number of benzene rings is 1. The zero-order valence-corrected chi connectivity index (χ0v) is 12.9. The molecule has 1 aromatic carbocycles. The Balaban J connectivity index is 2.67. The zero-order valence-electron chi connectivity index (χ0n) is 12.9. The van der Waals surface area contributed by atoms with Gasteiger partial charge in [-0.3, -0.25) is 4.79 Å². The van der Waals surface area contributed by atoms with E-state index in [2.05, 4.69) is 0 Å². The number of carboxylic acid groups (broad SMARTS) is 1. The van der Waals surface area contributed by atoms with Gasteiger partial charge < -0.3 is 15.7 Å². The molecule has 21 heavy (non-hydrogen) atoms. The van der Waals surface area contributed by atoms with Gasteiger partial charge in [0.25, 0.3) is 0 Å². The van der Waals surface area contributed by atoms with Gasteiger partial charge in [-0.05, 0) is 24.0 Å². The van der Waals surface area contributed by atoms with E-state index in [1.807, 2.05) is 13.8 Å². The summed E-state index contributed by atoms with van der Waals surface area (Å²) in [6.45, 7) is 4.41. The second kappa shape index (κ2) is 7.78. The van der Waals surface area contributed by atoms with E-state index in [-0.39, 0.29) is 17.4 Å². The third-order valence-corrected chi connectivity index (χ3v) is 3.88. The zero-order chi connectivity index (χ0) is 16.0. The summed E-state index contributed by atoms with van der Waals surface area (Å²) in [5, 5.41) is 9.13. The van der Waals surface area contributed by atoms with E-state index in [4.69, 9.17) is 10.8 Å². The van der Waals surface area contributed by atoms with Crippen LogP contribution in [-0.4, -0.2) is 41.5 Å². The highest BCUT2D eigenvalue weighted by atomic mass is 16.4. The summed E-state index contributed by atoms with van der Waals surface area (Å²) < 4.78 is 0. The molecule has 0 aliphatic carbocycles. The number of rotatable bonds is 7. The molecule has 0 aliphatic heterocycles. The van der Waals surface area contributed by atoms with Crippen molar-refractivity contribution in [1.82, 2.24) is 4.90 Å². The number of carbonyl (C=O) groups excluding carboxylic acids is 1. The second-order valence-corrected chi connectivity index (χ2v) is 5.38. The van der Waals surface area contributed by atoms with Gasteiger partial charge in [0.05, 0.1) is 11.6 Å². The molecule has 3 N–H and O–H groups in total.